The maximum absolute atomic E-state index is 12.4. The Morgan fingerprint density at radius 3 is 1.44 bits per heavy atom. The number of aliphatic hydroxyl groups excluding tert-OH is 2. The van der Waals surface area contributed by atoms with E-state index in [4.69, 9.17) is 4.74 Å². The molecule has 318 valence electrons. The van der Waals surface area contributed by atoms with E-state index in [1.54, 1.807) is 0 Å². The van der Waals surface area contributed by atoms with Gasteiger partial charge in [0.2, 0.25) is 5.91 Å². The molecule has 2 atom stereocenters. The molecule has 0 aromatic heterocycles. The molecule has 0 aromatic rings. The van der Waals surface area contributed by atoms with Crippen LogP contribution in [0.3, 0.4) is 0 Å². The zero-order valence-electron chi connectivity index (χ0n) is 36.0. The molecule has 6 nitrogen and oxygen atoms in total. The summed E-state index contributed by atoms with van der Waals surface area (Å²) in [5.41, 5.74) is 0. The lowest BCUT2D eigenvalue weighted by Crippen LogP contribution is -2.45. The van der Waals surface area contributed by atoms with Crippen LogP contribution in [-0.4, -0.2) is 47.4 Å². The van der Waals surface area contributed by atoms with Crippen molar-refractivity contribution in [2.75, 3.05) is 13.2 Å². The fraction of sp³-hybridized carbons (Fsp3) is 0.875. The highest BCUT2D eigenvalue weighted by molar-refractivity contribution is 5.76. The number of rotatable bonds is 43. The Hall–Kier alpha value is -1.66. The summed E-state index contributed by atoms with van der Waals surface area (Å²) in [5, 5.41) is 23.1. The van der Waals surface area contributed by atoms with Crippen molar-refractivity contribution in [3.8, 4) is 0 Å². The molecule has 0 bridgehead atoms. The van der Waals surface area contributed by atoms with Gasteiger partial charge >= 0.3 is 5.97 Å². The Balaban J connectivity index is 3.46. The van der Waals surface area contributed by atoms with Crippen LogP contribution in [0.25, 0.3) is 0 Å². The van der Waals surface area contributed by atoms with Crippen LogP contribution < -0.4 is 5.32 Å². The van der Waals surface area contributed by atoms with E-state index in [1.807, 2.05) is 0 Å². The maximum atomic E-state index is 12.4. The third-order valence-corrected chi connectivity index (χ3v) is 10.8. The van der Waals surface area contributed by atoms with Gasteiger partial charge in [-0.15, -0.1) is 0 Å². The van der Waals surface area contributed by atoms with Crippen LogP contribution in [0.1, 0.15) is 245 Å². The van der Waals surface area contributed by atoms with E-state index in [2.05, 4.69) is 43.5 Å². The van der Waals surface area contributed by atoms with Gasteiger partial charge in [-0.2, -0.15) is 0 Å². The van der Waals surface area contributed by atoms with Crippen LogP contribution in [-0.2, 0) is 14.3 Å². The number of allylic oxidation sites excluding steroid dienone is 4. The zero-order chi connectivity index (χ0) is 39.4. The van der Waals surface area contributed by atoms with E-state index in [1.165, 1.54) is 141 Å². The summed E-state index contributed by atoms with van der Waals surface area (Å²) in [6.45, 7) is 4.86. The number of carbonyl (C=O) groups excluding carboxylic acids is 2. The summed E-state index contributed by atoms with van der Waals surface area (Å²) in [7, 11) is 0. The standard InChI is InChI=1S/C48H91NO5/c1-3-5-7-9-11-13-15-16-17-18-22-26-30-34-38-42-48(53)54-43-39-35-31-27-23-20-19-21-25-29-33-37-41-47(52)49-45(44-50)46(51)40-36-32-28-24-14-12-10-8-6-4-2/h11,13,16-17,45-46,50-51H,3-10,12,14-15,18-44H2,1-2H3,(H,49,52)/b13-11-,17-16-. The van der Waals surface area contributed by atoms with Crippen LogP contribution in [0.15, 0.2) is 24.3 Å². The van der Waals surface area contributed by atoms with Crippen LogP contribution in [0.4, 0.5) is 0 Å². The fourth-order valence-corrected chi connectivity index (χ4v) is 7.08. The van der Waals surface area contributed by atoms with E-state index in [-0.39, 0.29) is 18.5 Å². The number of hydrogen-bond acceptors (Lipinski definition) is 5. The third kappa shape index (κ3) is 40.0. The lowest BCUT2D eigenvalue weighted by Gasteiger charge is -2.22. The number of aliphatic hydroxyl groups is 2. The van der Waals surface area contributed by atoms with Crippen molar-refractivity contribution in [1.29, 1.82) is 0 Å². The second-order valence-electron chi connectivity index (χ2n) is 16.1. The highest BCUT2D eigenvalue weighted by atomic mass is 16.5. The Morgan fingerprint density at radius 1 is 0.519 bits per heavy atom. The topological polar surface area (TPSA) is 95.9 Å². The molecule has 54 heavy (non-hydrogen) atoms. The lowest BCUT2D eigenvalue weighted by atomic mass is 10.0. The molecular formula is C48H91NO5. The highest BCUT2D eigenvalue weighted by Gasteiger charge is 2.20. The number of carbonyl (C=O) groups is 2. The van der Waals surface area contributed by atoms with Gasteiger partial charge in [-0.25, -0.2) is 0 Å². The van der Waals surface area contributed by atoms with E-state index in [0.29, 0.717) is 25.9 Å². The maximum Gasteiger partial charge on any atom is 0.305 e. The normalized spacial score (nSPS) is 12.9. The minimum atomic E-state index is -0.673. The molecule has 0 heterocycles. The predicted octanol–water partition coefficient (Wildman–Crippen LogP) is 13.6. The molecule has 0 spiro atoms. The minimum Gasteiger partial charge on any atom is -0.466 e. The summed E-state index contributed by atoms with van der Waals surface area (Å²) >= 11 is 0. The van der Waals surface area contributed by atoms with E-state index in [0.717, 1.165) is 70.6 Å². The number of ether oxygens (including phenoxy) is 1. The lowest BCUT2D eigenvalue weighted by molar-refractivity contribution is -0.143. The Morgan fingerprint density at radius 2 is 0.926 bits per heavy atom. The van der Waals surface area contributed by atoms with Crippen molar-refractivity contribution < 1.29 is 24.5 Å². The molecule has 0 rings (SSSR count). The van der Waals surface area contributed by atoms with Crippen molar-refractivity contribution in [1.82, 2.24) is 5.32 Å². The van der Waals surface area contributed by atoms with Crippen molar-refractivity contribution in [2.45, 2.75) is 257 Å². The number of esters is 1. The molecule has 0 fully saturated rings. The van der Waals surface area contributed by atoms with Gasteiger partial charge in [0, 0.05) is 12.8 Å². The fourth-order valence-electron chi connectivity index (χ4n) is 7.08. The summed E-state index contributed by atoms with van der Waals surface area (Å²) in [6, 6.07) is -0.551. The van der Waals surface area contributed by atoms with Gasteiger partial charge in [0.05, 0.1) is 25.4 Å². The number of hydrogen-bond donors (Lipinski definition) is 3. The smallest absolute Gasteiger partial charge is 0.305 e. The molecule has 0 aromatic carbocycles. The average Bonchev–Trinajstić information content (AvgIpc) is 3.17. The first-order valence-electron chi connectivity index (χ1n) is 23.6. The van der Waals surface area contributed by atoms with Crippen LogP contribution in [0.5, 0.6) is 0 Å². The van der Waals surface area contributed by atoms with Crippen LogP contribution in [0, 0.1) is 0 Å². The molecule has 3 N–H and O–H groups in total. The van der Waals surface area contributed by atoms with E-state index >= 15 is 0 Å². The summed E-state index contributed by atoms with van der Waals surface area (Å²) in [4.78, 5) is 24.4. The average molecular weight is 762 g/mol. The second-order valence-corrected chi connectivity index (χ2v) is 16.1. The van der Waals surface area contributed by atoms with Crippen LogP contribution >= 0.6 is 0 Å². The molecule has 0 aliphatic carbocycles. The van der Waals surface area contributed by atoms with Gasteiger partial charge in [-0.05, 0) is 57.8 Å². The Bertz CT molecular complexity index is 843. The first kappa shape index (κ1) is 52.3. The SMILES string of the molecule is CCCCC/C=C\C/C=C\CCCCCCCC(=O)OCCCCCCCCCCCCCCC(=O)NC(CO)C(O)CCCCCCCCCCCC. The summed E-state index contributed by atoms with van der Waals surface area (Å²) in [5.74, 6) is -0.0779. The van der Waals surface area contributed by atoms with Crippen molar-refractivity contribution >= 4 is 11.9 Å². The van der Waals surface area contributed by atoms with Gasteiger partial charge in [0.25, 0.3) is 0 Å². The molecular weight excluding hydrogens is 671 g/mol. The third-order valence-electron chi connectivity index (χ3n) is 10.8. The molecule has 6 heteroatoms. The van der Waals surface area contributed by atoms with Gasteiger partial charge < -0.3 is 20.3 Å². The first-order valence-corrected chi connectivity index (χ1v) is 23.6. The molecule has 2 unspecified atom stereocenters. The van der Waals surface area contributed by atoms with Gasteiger partial charge in [0.15, 0.2) is 0 Å². The van der Waals surface area contributed by atoms with E-state index < -0.39 is 12.1 Å². The number of unbranched alkanes of at least 4 members (excludes halogenated alkanes) is 28. The molecule has 0 aliphatic heterocycles. The van der Waals surface area contributed by atoms with Crippen LogP contribution in [0.2, 0.25) is 0 Å². The highest BCUT2D eigenvalue weighted by Crippen LogP contribution is 2.15. The number of amides is 1. The van der Waals surface area contributed by atoms with E-state index in [9.17, 15) is 19.8 Å². The van der Waals surface area contributed by atoms with Crippen molar-refractivity contribution in [3.05, 3.63) is 24.3 Å². The largest absolute Gasteiger partial charge is 0.466 e. The van der Waals surface area contributed by atoms with Gasteiger partial charge in [0.1, 0.15) is 0 Å². The summed E-state index contributed by atoms with van der Waals surface area (Å²) in [6.07, 6.45) is 49.9. The molecule has 0 aliphatic rings. The molecule has 1 amide bonds. The Kier molecular flexibility index (Phi) is 42.7. The molecule has 0 saturated carbocycles. The monoisotopic (exact) mass is 762 g/mol. The quantitative estimate of drug-likeness (QED) is 0.0327. The van der Waals surface area contributed by atoms with Crippen molar-refractivity contribution in [3.63, 3.8) is 0 Å². The second kappa shape index (κ2) is 44.1. The Labute approximate surface area is 335 Å². The summed E-state index contributed by atoms with van der Waals surface area (Å²) < 4.78 is 5.44. The van der Waals surface area contributed by atoms with Gasteiger partial charge in [-0.3, -0.25) is 9.59 Å². The molecule has 0 saturated heterocycles. The van der Waals surface area contributed by atoms with Gasteiger partial charge in [-0.1, -0.05) is 199 Å². The zero-order valence-corrected chi connectivity index (χ0v) is 36.0. The number of nitrogens with one attached hydrogen (secondary N) is 1. The molecule has 0 radical (unpaired) electrons. The van der Waals surface area contributed by atoms with Crippen molar-refractivity contribution in [2.24, 2.45) is 0 Å². The predicted molar refractivity (Wildman–Crippen MR) is 232 cm³/mol. The minimum absolute atomic E-state index is 0.0239. The first-order chi connectivity index (χ1) is 26.5.